The van der Waals surface area contributed by atoms with E-state index in [2.05, 4.69) is 0 Å². The quantitative estimate of drug-likeness (QED) is 0.641. The molecule has 0 aromatic heterocycles. The molecule has 3 rings (SSSR count). The minimum Gasteiger partial charge on any atom is -0.289 e. The highest BCUT2D eigenvalue weighted by atomic mass is 16.9. The Labute approximate surface area is 129 Å². The molecule has 4 nitrogen and oxygen atoms in total. The second-order valence-corrected chi connectivity index (χ2v) is 5.46. The maximum Gasteiger partial charge on any atom is 0.281 e. The van der Waals surface area contributed by atoms with Crippen molar-refractivity contribution in [1.29, 1.82) is 0 Å². The highest BCUT2D eigenvalue weighted by molar-refractivity contribution is 6.15. The number of amides is 1. The van der Waals surface area contributed by atoms with E-state index < -0.39 is 5.72 Å². The van der Waals surface area contributed by atoms with Crippen LogP contribution in [0.1, 0.15) is 46.5 Å². The third-order valence-electron chi connectivity index (χ3n) is 3.96. The van der Waals surface area contributed by atoms with Gasteiger partial charge < -0.3 is 0 Å². The highest BCUT2D eigenvalue weighted by Crippen LogP contribution is 2.39. The average molecular weight is 295 g/mol. The van der Waals surface area contributed by atoms with Crippen LogP contribution < -0.4 is 0 Å². The van der Waals surface area contributed by atoms with Crippen molar-refractivity contribution in [2.45, 2.75) is 26.0 Å². The number of hydrogen-bond acceptors (Lipinski definition) is 3. The van der Waals surface area contributed by atoms with Crippen LogP contribution >= 0.6 is 0 Å². The van der Waals surface area contributed by atoms with Gasteiger partial charge >= 0.3 is 0 Å². The molecule has 0 bridgehead atoms. The Morgan fingerprint density at radius 1 is 1.00 bits per heavy atom. The Morgan fingerprint density at radius 2 is 1.59 bits per heavy atom. The van der Waals surface area contributed by atoms with Crippen LogP contribution in [0.25, 0.3) is 0 Å². The summed E-state index contributed by atoms with van der Waals surface area (Å²) in [5, 5.41) is 1.34. The first-order chi connectivity index (χ1) is 10.6. The molecule has 1 aliphatic heterocycles. The van der Waals surface area contributed by atoms with E-state index in [4.69, 9.17) is 4.84 Å². The highest BCUT2D eigenvalue weighted by Gasteiger charge is 2.53. The molecule has 22 heavy (non-hydrogen) atoms. The summed E-state index contributed by atoms with van der Waals surface area (Å²) in [5.74, 6) is -0.436. The van der Waals surface area contributed by atoms with Crippen LogP contribution in [0.5, 0.6) is 0 Å². The first-order valence-corrected chi connectivity index (χ1v) is 7.29. The summed E-state index contributed by atoms with van der Waals surface area (Å²) in [4.78, 5) is 30.6. The van der Waals surface area contributed by atoms with E-state index in [0.717, 1.165) is 0 Å². The zero-order valence-electron chi connectivity index (χ0n) is 12.6. The second kappa shape index (κ2) is 5.39. The maximum atomic E-state index is 12.6. The van der Waals surface area contributed by atoms with Crippen LogP contribution in [0.15, 0.2) is 54.6 Å². The Morgan fingerprint density at radius 3 is 2.18 bits per heavy atom. The minimum absolute atomic E-state index is 0.162. The molecule has 1 amide bonds. The molecule has 0 aliphatic carbocycles. The van der Waals surface area contributed by atoms with Gasteiger partial charge in [-0.1, -0.05) is 55.5 Å². The molecule has 2 aromatic rings. The van der Waals surface area contributed by atoms with Crippen molar-refractivity contribution in [2.75, 3.05) is 0 Å². The summed E-state index contributed by atoms with van der Waals surface area (Å²) in [6, 6.07) is 15.8. The molecule has 0 spiro atoms. The molecule has 1 heterocycles. The van der Waals surface area contributed by atoms with Gasteiger partial charge in [0.25, 0.3) is 5.91 Å². The maximum absolute atomic E-state index is 12.6. The summed E-state index contributed by atoms with van der Waals surface area (Å²) in [6.45, 7) is 3.81. The van der Waals surface area contributed by atoms with Gasteiger partial charge in [0.05, 0.1) is 5.56 Å². The Balaban J connectivity index is 1.95. The number of benzene rings is 2. The van der Waals surface area contributed by atoms with E-state index >= 15 is 0 Å². The number of hydroxylamine groups is 2. The SMILES string of the molecule is CCC1(C)ON1C(=O)c1ccccc1C(=O)c1ccccc1. The van der Waals surface area contributed by atoms with E-state index in [1.807, 2.05) is 19.9 Å². The van der Waals surface area contributed by atoms with Crippen LogP contribution in [0.3, 0.4) is 0 Å². The first-order valence-electron chi connectivity index (χ1n) is 7.29. The van der Waals surface area contributed by atoms with Gasteiger partial charge in [-0.3, -0.25) is 9.59 Å². The second-order valence-electron chi connectivity index (χ2n) is 5.46. The van der Waals surface area contributed by atoms with Gasteiger partial charge in [0.15, 0.2) is 11.5 Å². The molecule has 1 fully saturated rings. The zero-order chi connectivity index (χ0) is 15.7. The lowest BCUT2D eigenvalue weighted by atomic mass is 9.98. The standard InChI is InChI=1S/C18H17NO3/c1-3-18(2)19(22-18)17(21)15-12-8-7-11-14(15)16(20)13-9-5-4-6-10-13/h4-12H,3H2,1-2H3. The molecule has 112 valence electrons. The fourth-order valence-electron chi connectivity index (χ4n) is 2.36. The van der Waals surface area contributed by atoms with E-state index in [1.165, 1.54) is 5.06 Å². The number of nitrogens with zero attached hydrogens (tertiary/aromatic N) is 1. The molecule has 4 heteroatoms. The van der Waals surface area contributed by atoms with Crippen LogP contribution in [0.4, 0.5) is 0 Å². The third kappa shape index (κ3) is 2.42. The predicted octanol–water partition coefficient (Wildman–Crippen LogP) is 3.43. The van der Waals surface area contributed by atoms with Gasteiger partial charge in [-0.25, -0.2) is 4.84 Å². The van der Waals surface area contributed by atoms with Crippen molar-refractivity contribution in [3.63, 3.8) is 0 Å². The smallest absolute Gasteiger partial charge is 0.281 e. The van der Waals surface area contributed by atoms with Crippen molar-refractivity contribution >= 4 is 11.7 Å². The molecule has 0 saturated carbocycles. The molecule has 0 radical (unpaired) electrons. The fraction of sp³-hybridized carbons (Fsp3) is 0.222. The predicted molar refractivity (Wildman–Crippen MR) is 82.3 cm³/mol. The lowest BCUT2D eigenvalue weighted by Gasteiger charge is -2.08. The third-order valence-corrected chi connectivity index (χ3v) is 3.96. The molecule has 2 aromatic carbocycles. The molecule has 1 saturated heterocycles. The van der Waals surface area contributed by atoms with Gasteiger partial charge in [0.1, 0.15) is 0 Å². The lowest BCUT2D eigenvalue weighted by Crippen LogP contribution is -2.22. The Hall–Kier alpha value is -2.46. The van der Waals surface area contributed by atoms with E-state index in [-0.39, 0.29) is 11.7 Å². The van der Waals surface area contributed by atoms with Gasteiger partial charge in [0.2, 0.25) is 0 Å². The van der Waals surface area contributed by atoms with E-state index in [1.54, 1.807) is 48.5 Å². The fourth-order valence-corrected chi connectivity index (χ4v) is 2.36. The van der Waals surface area contributed by atoms with Crippen molar-refractivity contribution in [3.05, 3.63) is 71.3 Å². The Kier molecular flexibility index (Phi) is 3.54. The van der Waals surface area contributed by atoms with Crippen molar-refractivity contribution < 1.29 is 14.4 Å². The van der Waals surface area contributed by atoms with Gasteiger partial charge in [-0.15, -0.1) is 0 Å². The molecular formula is C18H17NO3. The number of carbonyl (C=O) groups excluding carboxylic acids is 2. The molecule has 1 atom stereocenters. The monoisotopic (exact) mass is 295 g/mol. The van der Waals surface area contributed by atoms with E-state index in [9.17, 15) is 9.59 Å². The molecular weight excluding hydrogens is 278 g/mol. The topological polar surface area (TPSA) is 49.7 Å². The molecule has 1 aliphatic rings. The number of carbonyl (C=O) groups is 2. The van der Waals surface area contributed by atoms with Gasteiger partial charge in [0, 0.05) is 11.1 Å². The van der Waals surface area contributed by atoms with Crippen molar-refractivity contribution in [2.24, 2.45) is 0 Å². The zero-order valence-corrected chi connectivity index (χ0v) is 12.6. The minimum atomic E-state index is -0.556. The van der Waals surface area contributed by atoms with Crippen molar-refractivity contribution in [1.82, 2.24) is 5.06 Å². The summed E-state index contributed by atoms with van der Waals surface area (Å²) in [6.07, 6.45) is 0.702. The van der Waals surface area contributed by atoms with Crippen molar-refractivity contribution in [3.8, 4) is 0 Å². The molecule has 0 N–H and O–H groups in total. The average Bonchev–Trinajstić information content (AvgIpc) is 3.27. The van der Waals surface area contributed by atoms with Gasteiger partial charge in [-0.05, 0) is 19.4 Å². The van der Waals surface area contributed by atoms with Crippen LogP contribution in [-0.4, -0.2) is 22.5 Å². The van der Waals surface area contributed by atoms with Crippen LogP contribution in [0, 0.1) is 0 Å². The number of rotatable bonds is 4. The molecule has 1 unspecified atom stereocenters. The normalized spacial score (nSPS) is 19.8. The summed E-state index contributed by atoms with van der Waals surface area (Å²) >= 11 is 0. The van der Waals surface area contributed by atoms with Crippen LogP contribution in [0.2, 0.25) is 0 Å². The number of hydrogen-bond donors (Lipinski definition) is 0. The Bertz CT molecular complexity index is 726. The number of ketones is 1. The summed E-state index contributed by atoms with van der Waals surface area (Å²) < 4.78 is 0. The lowest BCUT2D eigenvalue weighted by molar-refractivity contribution is 0.0709. The van der Waals surface area contributed by atoms with Crippen LogP contribution in [-0.2, 0) is 4.84 Å². The first kappa shape index (κ1) is 14.5. The summed E-state index contributed by atoms with van der Waals surface area (Å²) in [5.41, 5.74) is 0.772. The largest absolute Gasteiger partial charge is 0.289 e. The van der Waals surface area contributed by atoms with Gasteiger partial charge in [-0.2, -0.15) is 5.06 Å². The summed E-state index contributed by atoms with van der Waals surface area (Å²) in [7, 11) is 0. The van der Waals surface area contributed by atoms with E-state index in [0.29, 0.717) is 23.1 Å².